The Morgan fingerprint density at radius 3 is 2.70 bits per heavy atom. The quantitative estimate of drug-likeness (QED) is 0.382. The predicted molar refractivity (Wildman–Crippen MR) is 107 cm³/mol. The first-order chi connectivity index (χ1) is 14.3. The van der Waals surface area contributed by atoms with Crippen LogP contribution in [0.25, 0.3) is 28.2 Å². The van der Waals surface area contributed by atoms with E-state index in [2.05, 4.69) is 15.0 Å². The van der Waals surface area contributed by atoms with Gasteiger partial charge in [-0.05, 0) is 19.4 Å². The highest BCUT2D eigenvalue weighted by molar-refractivity contribution is 5.74. The van der Waals surface area contributed by atoms with E-state index in [4.69, 9.17) is 4.74 Å². The third-order valence-electron chi connectivity index (χ3n) is 5.78. The predicted octanol–water partition coefficient (Wildman–Crippen LogP) is 0.349. The van der Waals surface area contributed by atoms with Gasteiger partial charge in [-0.3, -0.25) is 9.36 Å². The highest BCUT2D eigenvalue weighted by atomic mass is 16.6. The first kappa shape index (κ1) is 18.9. The van der Waals surface area contributed by atoms with Gasteiger partial charge in [0.05, 0.1) is 24.3 Å². The molecule has 1 saturated heterocycles. The van der Waals surface area contributed by atoms with Crippen molar-refractivity contribution >= 4 is 16.9 Å². The lowest BCUT2D eigenvalue weighted by atomic mass is 9.96. The third-order valence-corrected chi connectivity index (χ3v) is 5.78. The molecule has 156 valence electrons. The van der Waals surface area contributed by atoms with Crippen LogP contribution in [0.5, 0.6) is 0 Å². The lowest BCUT2D eigenvalue weighted by Gasteiger charge is -2.27. The van der Waals surface area contributed by atoms with E-state index >= 15 is 0 Å². The zero-order valence-electron chi connectivity index (χ0n) is 16.4. The SMILES string of the molecule is Cc1c(-c2ccccc2)[nH]c2nc3c(ncn3[C@@H]3O[C@H](CO)[C@@H](O)[C@@]3(C)O)c(=O)n12. The topological polar surface area (TPSA) is 138 Å². The molecular weight excluding hydrogens is 390 g/mol. The molecule has 0 bridgehead atoms. The molecule has 0 unspecified atom stereocenters. The lowest BCUT2D eigenvalue weighted by molar-refractivity contribution is -0.0950. The zero-order chi connectivity index (χ0) is 21.2. The molecule has 0 spiro atoms. The number of nitrogens with one attached hydrogen (secondary N) is 1. The van der Waals surface area contributed by atoms with Crippen molar-refractivity contribution in [3.8, 4) is 11.3 Å². The van der Waals surface area contributed by atoms with Gasteiger partial charge < -0.3 is 25.0 Å². The number of benzene rings is 1. The number of ether oxygens (including phenoxy) is 1. The second-order valence-electron chi connectivity index (χ2n) is 7.73. The summed E-state index contributed by atoms with van der Waals surface area (Å²) in [4.78, 5) is 25.1. The summed E-state index contributed by atoms with van der Waals surface area (Å²) in [6.45, 7) is 2.77. The van der Waals surface area contributed by atoms with Crippen molar-refractivity contribution in [2.75, 3.05) is 6.61 Å². The van der Waals surface area contributed by atoms with Crippen molar-refractivity contribution in [3.63, 3.8) is 0 Å². The standard InChI is InChI=1S/C20H21N5O5/c1-10-13(11-6-4-3-5-7-11)22-19-23-16-14(17(28)25(10)19)21-9-24(16)18-20(2,29)15(27)12(8-26)30-18/h3-7,9,12,15,18,26-27,29H,8H2,1-2H3,(H,22,23)/t12-,15-,18-,20-/m1/s1. The van der Waals surface area contributed by atoms with Crippen LogP contribution >= 0.6 is 0 Å². The molecule has 1 aromatic carbocycles. The van der Waals surface area contributed by atoms with Gasteiger partial charge in [0.2, 0.25) is 5.78 Å². The highest BCUT2D eigenvalue weighted by Gasteiger charge is 2.53. The van der Waals surface area contributed by atoms with Crippen LogP contribution < -0.4 is 5.56 Å². The van der Waals surface area contributed by atoms with Gasteiger partial charge in [0, 0.05) is 0 Å². The van der Waals surface area contributed by atoms with Crippen LogP contribution in [0, 0.1) is 6.92 Å². The van der Waals surface area contributed by atoms with Gasteiger partial charge in [-0.2, -0.15) is 4.98 Å². The molecule has 1 aliphatic heterocycles. The molecule has 4 heterocycles. The monoisotopic (exact) mass is 411 g/mol. The Morgan fingerprint density at radius 1 is 1.30 bits per heavy atom. The van der Waals surface area contributed by atoms with Gasteiger partial charge in [-0.15, -0.1) is 0 Å². The summed E-state index contributed by atoms with van der Waals surface area (Å²) in [5, 5.41) is 30.5. The van der Waals surface area contributed by atoms with E-state index in [1.807, 2.05) is 37.3 Å². The van der Waals surface area contributed by atoms with Crippen LogP contribution in [0.1, 0.15) is 18.8 Å². The van der Waals surface area contributed by atoms with E-state index in [-0.39, 0.29) is 16.7 Å². The molecule has 4 aromatic rings. The van der Waals surface area contributed by atoms with Gasteiger partial charge >= 0.3 is 0 Å². The molecule has 0 aliphatic carbocycles. The van der Waals surface area contributed by atoms with Crippen LogP contribution in [0.4, 0.5) is 0 Å². The molecular formula is C20H21N5O5. The summed E-state index contributed by atoms with van der Waals surface area (Å²) in [6.07, 6.45) is -2.01. The number of hydrogen-bond donors (Lipinski definition) is 4. The lowest BCUT2D eigenvalue weighted by Crippen LogP contribution is -2.44. The molecule has 10 heteroatoms. The van der Waals surface area contributed by atoms with Crippen molar-refractivity contribution in [2.24, 2.45) is 0 Å². The maximum absolute atomic E-state index is 13.2. The number of aliphatic hydroxyl groups excluding tert-OH is 2. The van der Waals surface area contributed by atoms with Crippen molar-refractivity contribution in [3.05, 3.63) is 52.7 Å². The number of aliphatic hydroxyl groups is 3. The van der Waals surface area contributed by atoms with Crippen molar-refractivity contribution in [2.45, 2.75) is 37.9 Å². The fraction of sp³-hybridized carbons (Fsp3) is 0.350. The fourth-order valence-corrected chi connectivity index (χ4v) is 4.13. The normalized spacial score (nSPS) is 26.8. The molecule has 1 fully saturated rings. The Morgan fingerprint density at radius 2 is 2.03 bits per heavy atom. The van der Waals surface area contributed by atoms with Crippen molar-refractivity contribution < 1.29 is 20.1 Å². The van der Waals surface area contributed by atoms with Gasteiger partial charge in [-0.1, -0.05) is 30.3 Å². The van der Waals surface area contributed by atoms with E-state index in [1.54, 1.807) is 0 Å². The van der Waals surface area contributed by atoms with Crippen molar-refractivity contribution in [1.29, 1.82) is 0 Å². The average Bonchev–Trinajstić information content (AvgIpc) is 3.36. The van der Waals surface area contributed by atoms with Crippen LogP contribution in [0.15, 0.2) is 41.5 Å². The van der Waals surface area contributed by atoms with Crippen LogP contribution in [0.3, 0.4) is 0 Å². The smallest absolute Gasteiger partial charge is 0.287 e. The first-order valence-electron chi connectivity index (χ1n) is 9.54. The summed E-state index contributed by atoms with van der Waals surface area (Å²) in [7, 11) is 0. The minimum Gasteiger partial charge on any atom is -0.394 e. The molecule has 5 rings (SSSR count). The van der Waals surface area contributed by atoms with Crippen LogP contribution in [-0.2, 0) is 4.74 Å². The number of aromatic amines is 1. The Kier molecular flexibility index (Phi) is 4.09. The second-order valence-corrected chi connectivity index (χ2v) is 7.73. The number of hydrogen-bond acceptors (Lipinski definition) is 7. The molecule has 0 amide bonds. The summed E-state index contributed by atoms with van der Waals surface area (Å²) < 4.78 is 8.52. The van der Waals surface area contributed by atoms with E-state index in [9.17, 15) is 20.1 Å². The number of aromatic nitrogens is 5. The summed E-state index contributed by atoms with van der Waals surface area (Å²) >= 11 is 0. The van der Waals surface area contributed by atoms with E-state index in [0.29, 0.717) is 11.5 Å². The molecule has 1 aliphatic rings. The molecule has 4 N–H and O–H groups in total. The Labute approximate surface area is 170 Å². The van der Waals surface area contributed by atoms with Gasteiger partial charge in [-0.25, -0.2) is 9.38 Å². The zero-order valence-corrected chi connectivity index (χ0v) is 16.4. The fourth-order valence-electron chi connectivity index (χ4n) is 4.13. The maximum atomic E-state index is 13.2. The van der Waals surface area contributed by atoms with E-state index in [0.717, 1.165) is 11.3 Å². The number of aryl methyl sites for hydroxylation is 1. The minimum absolute atomic E-state index is 0.107. The number of fused-ring (bicyclic) bond motifs is 2. The van der Waals surface area contributed by atoms with Crippen molar-refractivity contribution in [1.82, 2.24) is 23.9 Å². The molecule has 0 saturated carbocycles. The Hall–Kier alpha value is -3.05. The minimum atomic E-state index is -1.71. The molecule has 3 aromatic heterocycles. The Balaban J connectivity index is 1.72. The number of nitrogens with zero attached hydrogens (tertiary/aromatic N) is 4. The highest BCUT2D eigenvalue weighted by Crippen LogP contribution is 2.39. The van der Waals surface area contributed by atoms with Gasteiger partial charge in [0.25, 0.3) is 5.56 Å². The summed E-state index contributed by atoms with van der Waals surface area (Å²) in [5.41, 5.74) is 0.615. The number of imidazole rings is 2. The first-order valence-corrected chi connectivity index (χ1v) is 9.54. The molecule has 10 nitrogen and oxygen atoms in total. The summed E-state index contributed by atoms with van der Waals surface area (Å²) in [5.74, 6) is 0.322. The average molecular weight is 411 g/mol. The molecule has 0 radical (unpaired) electrons. The van der Waals surface area contributed by atoms with Crippen LogP contribution in [-0.4, -0.2) is 63.7 Å². The van der Waals surface area contributed by atoms with Crippen LogP contribution in [0.2, 0.25) is 0 Å². The molecule has 30 heavy (non-hydrogen) atoms. The number of H-pyrrole nitrogens is 1. The summed E-state index contributed by atoms with van der Waals surface area (Å²) in [6, 6.07) is 9.59. The number of rotatable bonds is 3. The Bertz CT molecular complexity index is 1310. The maximum Gasteiger partial charge on any atom is 0.287 e. The van der Waals surface area contributed by atoms with E-state index < -0.39 is 30.6 Å². The van der Waals surface area contributed by atoms with Gasteiger partial charge in [0.15, 0.2) is 17.4 Å². The third kappa shape index (κ3) is 2.48. The molecule has 4 atom stereocenters. The van der Waals surface area contributed by atoms with E-state index in [1.165, 1.54) is 22.2 Å². The largest absolute Gasteiger partial charge is 0.394 e. The second kappa shape index (κ2) is 6.47. The van der Waals surface area contributed by atoms with Gasteiger partial charge in [0.1, 0.15) is 17.8 Å².